The minimum absolute atomic E-state index is 0.126. The first kappa shape index (κ1) is 14.8. The molecule has 3 N–H and O–H groups in total. The maximum Gasteiger partial charge on any atom is 0.238 e. The lowest BCUT2D eigenvalue weighted by Crippen LogP contribution is -2.65. The molecule has 0 atom stereocenters. The van der Waals surface area contributed by atoms with Gasteiger partial charge in [-0.2, -0.15) is 0 Å². The van der Waals surface area contributed by atoms with E-state index in [1.165, 1.54) is 0 Å². The first-order valence-electron chi connectivity index (χ1n) is 7.52. The molecule has 5 heteroatoms. The summed E-state index contributed by atoms with van der Waals surface area (Å²) in [5.41, 5.74) is 5.37. The van der Waals surface area contributed by atoms with Crippen LogP contribution in [0.4, 0.5) is 0 Å². The minimum Gasteiger partial charge on any atom is -0.368 e. The Morgan fingerprint density at radius 3 is 2.26 bits per heavy atom. The molecule has 2 aliphatic heterocycles. The third-order valence-corrected chi connectivity index (χ3v) is 4.49. The van der Waals surface area contributed by atoms with Crippen LogP contribution >= 0.6 is 0 Å². The molecule has 2 aliphatic rings. The molecular formula is C14H28N4O. The summed E-state index contributed by atoms with van der Waals surface area (Å²) in [6.45, 7) is 11.4. The Bertz CT molecular complexity index is 305. The number of hydrogen-bond donors (Lipinski definition) is 2. The van der Waals surface area contributed by atoms with Crippen LogP contribution in [-0.4, -0.2) is 67.1 Å². The van der Waals surface area contributed by atoms with Gasteiger partial charge in [0.1, 0.15) is 5.54 Å². The molecule has 0 aromatic rings. The van der Waals surface area contributed by atoms with Gasteiger partial charge in [-0.1, -0.05) is 13.8 Å². The van der Waals surface area contributed by atoms with E-state index in [1.54, 1.807) is 0 Å². The molecule has 2 saturated heterocycles. The second-order valence-electron chi connectivity index (χ2n) is 6.33. The average molecular weight is 268 g/mol. The lowest BCUT2D eigenvalue weighted by atomic mass is 9.84. The number of carbonyl (C=O) groups excluding carboxylic acids is 1. The van der Waals surface area contributed by atoms with Crippen molar-refractivity contribution >= 4 is 5.91 Å². The van der Waals surface area contributed by atoms with E-state index in [9.17, 15) is 4.79 Å². The molecule has 0 saturated carbocycles. The van der Waals surface area contributed by atoms with Crippen LogP contribution in [0.15, 0.2) is 0 Å². The van der Waals surface area contributed by atoms with Gasteiger partial charge in [0.15, 0.2) is 0 Å². The smallest absolute Gasteiger partial charge is 0.238 e. The number of primary amides is 1. The van der Waals surface area contributed by atoms with Crippen LogP contribution in [-0.2, 0) is 4.79 Å². The number of nitrogens with two attached hydrogens (primary N) is 1. The van der Waals surface area contributed by atoms with E-state index in [0.717, 1.165) is 58.7 Å². The third kappa shape index (κ3) is 3.27. The van der Waals surface area contributed by atoms with Crippen LogP contribution < -0.4 is 11.1 Å². The summed E-state index contributed by atoms with van der Waals surface area (Å²) in [6, 6.07) is 0. The summed E-state index contributed by atoms with van der Waals surface area (Å²) in [7, 11) is 0. The number of piperidine rings is 1. The number of piperazine rings is 1. The summed E-state index contributed by atoms with van der Waals surface area (Å²) in [4.78, 5) is 16.8. The van der Waals surface area contributed by atoms with E-state index in [0.29, 0.717) is 5.92 Å². The van der Waals surface area contributed by atoms with Crippen LogP contribution in [0.2, 0.25) is 0 Å². The Morgan fingerprint density at radius 2 is 1.79 bits per heavy atom. The monoisotopic (exact) mass is 268 g/mol. The molecule has 110 valence electrons. The van der Waals surface area contributed by atoms with E-state index >= 15 is 0 Å². The van der Waals surface area contributed by atoms with Crippen molar-refractivity contribution in [1.82, 2.24) is 15.1 Å². The van der Waals surface area contributed by atoms with Crippen LogP contribution in [0.25, 0.3) is 0 Å². The molecule has 2 heterocycles. The van der Waals surface area contributed by atoms with Gasteiger partial charge in [0.25, 0.3) is 0 Å². The van der Waals surface area contributed by atoms with Gasteiger partial charge in [-0.3, -0.25) is 9.69 Å². The van der Waals surface area contributed by atoms with E-state index in [2.05, 4.69) is 29.0 Å². The zero-order valence-corrected chi connectivity index (χ0v) is 12.3. The number of nitrogens with one attached hydrogen (secondary N) is 1. The van der Waals surface area contributed by atoms with E-state index < -0.39 is 5.54 Å². The number of rotatable bonds is 4. The van der Waals surface area contributed by atoms with Gasteiger partial charge in [0.2, 0.25) is 5.91 Å². The maximum atomic E-state index is 12.0. The van der Waals surface area contributed by atoms with Gasteiger partial charge in [-0.15, -0.1) is 0 Å². The molecule has 19 heavy (non-hydrogen) atoms. The SMILES string of the molecule is CC(C)CN1CCC(C(N)=O)(N2CCNCC2)CC1. The summed E-state index contributed by atoms with van der Waals surface area (Å²) < 4.78 is 0. The molecule has 0 aromatic carbocycles. The van der Waals surface area contributed by atoms with Crippen LogP contribution in [0.1, 0.15) is 26.7 Å². The average Bonchev–Trinajstić information content (AvgIpc) is 2.40. The van der Waals surface area contributed by atoms with Crippen molar-refractivity contribution < 1.29 is 4.79 Å². The number of hydrogen-bond acceptors (Lipinski definition) is 4. The van der Waals surface area contributed by atoms with Crippen molar-refractivity contribution in [2.45, 2.75) is 32.2 Å². The highest BCUT2D eigenvalue weighted by atomic mass is 16.1. The summed E-state index contributed by atoms with van der Waals surface area (Å²) >= 11 is 0. The molecule has 0 aromatic heterocycles. The fraction of sp³-hybridized carbons (Fsp3) is 0.929. The molecule has 0 aliphatic carbocycles. The molecule has 0 spiro atoms. The predicted molar refractivity (Wildman–Crippen MR) is 76.9 cm³/mol. The van der Waals surface area contributed by atoms with Gasteiger partial charge in [0.05, 0.1) is 0 Å². The van der Waals surface area contributed by atoms with Crippen LogP contribution in [0.3, 0.4) is 0 Å². The quantitative estimate of drug-likeness (QED) is 0.745. The van der Waals surface area contributed by atoms with Crippen molar-refractivity contribution in [2.24, 2.45) is 11.7 Å². The third-order valence-electron chi connectivity index (χ3n) is 4.49. The van der Waals surface area contributed by atoms with Crippen molar-refractivity contribution in [2.75, 3.05) is 45.8 Å². The Balaban J connectivity index is 2.00. The number of likely N-dealkylation sites (tertiary alicyclic amines) is 1. The zero-order chi connectivity index (χ0) is 13.9. The zero-order valence-electron chi connectivity index (χ0n) is 12.3. The van der Waals surface area contributed by atoms with E-state index in [1.807, 2.05) is 0 Å². The van der Waals surface area contributed by atoms with Crippen molar-refractivity contribution in [3.63, 3.8) is 0 Å². The number of amides is 1. The highest BCUT2D eigenvalue weighted by molar-refractivity contribution is 5.84. The van der Waals surface area contributed by atoms with Crippen LogP contribution in [0.5, 0.6) is 0 Å². The Hall–Kier alpha value is -0.650. The molecule has 0 radical (unpaired) electrons. The lowest BCUT2D eigenvalue weighted by Gasteiger charge is -2.48. The van der Waals surface area contributed by atoms with E-state index in [4.69, 9.17) is 5.73 Å². The van der Waals surface area contributed by atoms with Gasteiger partial charge < -0.3 is 16.0 Å². The van der Waals surface area contributed by atoms with Gasteiger partial charge >= 0.3 is 0 Å². The standard InChI is InChI=1S/C14H28N4O/c1-12(2)11-17-7-3-14(4-8-17,13(15)19)18-9-5-16-6-10-18/h12,16H,3-11H2,1-2H3,(H2,15,19). The summed E-state index contributed by atoms with van der Waals surface area (Å²) in [5.74, 6) is 0.555. The maximum absolute atomic E-state index is 12.0. The van der Waals surface area contributed by atoms with Gasteiger partial charge in [-0.05, 0) is 18.8 Å². The second-order valence-corrected chi connectivity index (χ2v) is 6.33. The molecule has 2 rings (SSSR count). The molecule has 0 bridgehead atoms. The van der Waals surface area contributed by atoms with Crippen molar-refractivity contribution in [1.29, 1.82) is 0 Å². The fourth-order valence-electron chi connectivity index (χ4n) is 3.43. The normalized spacial score (nSPS) is 25.6. The van der Waals surface area contributed by atoms with Crippen molar-refractivity contribution in [3.05, 3.63) is 0 Å². The first-order chi connectivity index (χ1) is 9.04. The topological polar surface area (TPSA) is 61.6 Å². The fourth-order valence-corrected chi connectivity index (χ4v) is 3.43. The van der Waals surface area contributed by atoms with E-state index in [-0.39, 0.29) is 5.91 Å². The lowest BCUT2D eigenvalue weighted by molar-refractivity contribution is -0.134. The summed E-state index contributed by atoms with van der Waals surface area (Å²) in [5, 5.41) is 3.34. The summed E-state index contributed by atoms with van der Waals surface area (Å²) in [6.07, 6.45) is 1.77. The van der Waals surface area contributed by atoms with Gasteiger partial charge in [-0.25, -0.2) is 0 Å². The second kappa shape index (κ2) is 6.20. The molecular weight excluding hydrogens is 240 g/mol. The minimum atomic E-state index is -0.393. The first-order valence-corrected chi connectivity index (χ1v) is 7.52. The predicted octanol–water partition coefficient (Wildman–Crippen LogP) is -0.132. The van der Waals surface area contributed by atoms with Gasteiger partial charge in [0, 0.05) is 45.8 Å². The molecule has 0 unspecified atom stereocenters. The molecule has 5 nitrogen and oxygen atoms in total. The highest BCUT2D eigenvalue weighted by Gasteiger charge is 2.44. The van der Waals surface area contributed by atoms with Crippen molar-refractivity contribution in [3.8, 4) is 0 Å². The highest BCUT2D eigenvalue weighted by Crippen LogP contribution is 2.29. The Morgan fingerprint density at radius 1 is 1.21 bits per heavy atom. The Labute approximate surface area is 116 Å². The molecule has 1 amide bonds. The van der Waals surface area contributed by atoms with Crippen LogP contribution in [0, 0.1) is 5.92 Å². The Kier molecular flexibility index (Phi) is 4.81. The molecule has 2 fully saturated rings. The number of carbonyl (C=O) groups is 1. The number of nitrogens with zero attached hydrogens (tertiary/aromatic N) is 2. The largest absolute Gasteiger partial charge is 0.368 e.